The zero-order valence-electron chi connectivity index (χ0n) is 11.3. The molecule has 0 radical (unpaired) electrons. The molecular weight excluding hydrogens is 240 g/mol. The fourth-order valence-electron chi connectivity index (χ4n) is 2.34. The van der Waals surface area contributed by atoms with Crippen molar-refractivity contribution >= 4 is 12.3 Å². The highest BCUT2D eigenvalue weighted by Gasteiger charge is 2.36. The van der Waals surface area contributed by atoms with E-state index in [0.717, 1.165) is 31.2 Å². The second-order valence-electron chi connectivity index (χ2n) is 4.90. The van der Waals surface area contributed by atoms with Crippen LogP contribution in [0.2, 0.25) is 0 Å². The molecule has 1 aliphatic heterocycles. The van der Waals surface area contributed by atoms with E-state index < -0.39 is 0 Å². The van der Waals surface area contributed by atoms with Crippen LogP contribution in [0.15, 0.2) is 30.3 Å². The summed E-state index contributed by atoms with van der Waals surface area (Å²) in [6, 6.07) is 9.45. The molecule has 0 spiro atoms. The maximum absolute atomic E-state index is 12.3. The Labute approximate surface area is 114 Å². The molecule has 4 nitrogen and oxygen atoms in total. The minimum absolute atomic E-state index is 0.0191. The predicted octanol–water partition coefficient (Wildman–Crippen LogP) is 2.29. The van der Waals surface area contributed by atoms with E-state index in [-0.39, 0.29) is 12.1 Å². The van der Waals surface area contributed by atoms with E-state index >= 15 is 0 Å². The first-order chi connectivity index (χ1) is 9.26. The normalized spacial score (nSPS) is 19.0. The number of benzene rings is 1. The number of hydrogen-bond acceptors (Lipinski definition) is 2. The molecule has 1 heterocycles. The van der Waals surface area contributed by atoms with Gasteiger partial charge in [-0.15, -0.1) is 0 Å². The van der Waals surface area contributed by atoms with Crippen molar-refractivity contribution in [3.63, 3.8) is 0 Å². The molecule has 2 rings (SSSR count). The van der Waals surface area contributed by atoms with Gasteiger partial charge < -0.3 is 14.6 Å². The topological polar surface area (TPSA) is 40.6 Å². The van der Waals surface area contributed by atoms with Gasteiger partial charge in [0.1, 0.15) is 12.3 Å². The van der Waals surface area contributed by atoms with E-state index in [0.29, 0.717) is 13.1 Å². The van der Waals surface area contributed by atoms with Gasteiger partial charge in [-0.3, -0.25) is 0 Å². The summed E-state index contributed by atoms with van der Waals surface area (Å²) in [4.78, 5) is 26.9. The Hall–Kier alpha value is -1.84. The smallest absolute Gasteiger partial charge is 0.321 e. The number of nitrogens with zero attached hydrogens (tertiary/aromatic N) is 2. The molecule has 102 valence electrons. The Bertz CT molecular complexity index is 433. The quantitative estimate of drug-likeness (QED) is 0.736. The maximum Gasteiger partial charge on any atom is 0.321 e. The van der Waals surface area contributed by atoms with Crippen LogP contribution >= 0.6 is 0 Å². The average molecular weight is 260 g/mol. The summed E-state index contributed by atoms with van der Waals surface area (Å²) in [7, 11) is 0. The number of carbonyl (C=O) groups excluding carboxylic acids is 2. The van der Waals surface area contributed by atoms with Gasteiger partial charge in [-0.1, -0.05) is 43.7 Å². The third kappa shape index (κ3) is 3.13. The molecule has 0 unspecified atom stereocenters. The number of rotatable bonds is 6. The van der Waals surface area contributed by atoms with Crippen LogP contribution in [0.25, 0.3) is 0 Å². The summed E-state index contributed by atoms with van der Waals surface area (Å²) in [5.74, 6) is 0. The van der Waals surface area contributed by atoms with Crippen molar-refractivity contribution in [1.29, 1.82) is 0 Å². The van der Waals surface area contributed by atoms with Crippen molar-refractivity contribution in [2.24, 2.45) is 0 Å². The zero-order valence-corrected chi connectivity index (χ0v) is 11.3. The molecule has 2 amide bonds. The second-order valence-corrected chi connectivity index (χ2v) is 4.90. The van der Waals surface area contributed by atoms with Gasteiger partial charge in [-0.05, 0) is 12.0 Å². The third-order valence-corrected chi connectivity index (χ3v) is 3.46. The van der Waals surface area contributed by atoms with Crippen molar-refractivity contribution in [3.05, 3.63) is 35.9 Å². The number of aldehydes is 1. The predicted molar refractivity (Wildman–Crippen MR) is 73.7 cm³/mol. The van der Waals surface area contributed by atoms with Crippen LogP contribution in [-0.4, -0.2) is 41.2 Å². The monoisotopic (exact) mass is 260 g/mol. The molecule has 4 heteroatoms. The molecule has 1 fully saturated rings. The molecular formula is C15H20N2O2. The Morgan fingerprint density at radius 3 is 2.68 bits per heavy atom. The van der Waals surface area contributed by atoms with Gasteiger partial charge in [0.05, 0.1) is 0 Å². The van der Waals surface area contributed by atoms with Crippen molar-refractivity contribution in [2.45, 2.75) is 32.4 Å². The van der Waals surface area contributed by atoms with Crippen LogP contribution in [0.3, 0.4) is 0 Å². The first-order valence-electron chi connectivity index (χ1n) is 6.81. The molecule has 1 atom stereocenters. The molecule has 19 heavy (non-hydrogen) atoms. The molecule has 1 aromatic rings. The van der Waals surface area contributed by atoms with Gasteiger partial charge in [0.15, 0.2) is 0 Å². The highest BCUT2D eigenvalue weighted by molar-refractivity contribution is 5.82. The Balaban J connectivity index is 2.05. The van der Waals surface area contributed by atoms with E-state index in [9.17, 15) is 9.59 Å². The van der Waals surface area contributed by atoms with Crippen LogP contribution in [0.1, 0.15) is 25.3 Å². The van der Waals surface area contributed by atoms with Gasteiger partial charge >= 0.3 is 6.03 Å². The van der Waals surface area contributed by atoms with Gasteiger partial charge in [0.2, 0.25) is 0 Å². The lowest BCUT2D eigenvalue weighted by Gasteiger charge is -2.20. The van der Waals surface area contributed by atoms with E-state index in [4.69, 9.17) is 0 Å². The Kier molecular flexibility index (Phi) is 4.55. The van der Waals surface area contributed by atoms with E-state index in [1.807, 2.05) is 30.3 Å². The number of unbranched alkanes of at least 4 members (excludes halogenated alkanes) is 1. The molecule has 1 saturated heterocycles. The minimum atomic E-state index is -0.315. The number of urea groups is 1. The van der Waals surface area contributed by atoms with E-state index in [2.05, 4.69) is 6.92 Å². The molecule has 1 aromatic carbocycles. The lowest BCUT2D eigenvalue weighted by molar-refractivity contribution is -0.111. The first kappa shape index (κ1) is 13.6. The highest BCUT2D eigenvalue weighted by Crippen LogP contribution is 2.18. The molecule has 0 saturated carbocycles. The summed E-state index contributed by atoms with van der Waals surface area (Å²) < 4.78 is 0. The lowest BCUT2D eigenvalue weighted by Crippen LogP contribution is -2.35. The molecule has 0 aromatic heterocycles. The summed E-state index contributed by atoms with van der Waals surface area (Å²) in [5, 5.41) is 0. The molecule has 0 N–H and O–H groups in total. The second kappa shape index (κ2) is 6.36. The SMILES string of the molecule is CCCCN1C[C@@H](C=O)N(Cc2ccccc2)C1=O. The molecule has 1 aliphatic rings. The first-order valence-corrected chi connectivity index (χ1v) is 6.81. The Morgan fingerprint density at radius 1 is 1.32 bits per heavy atom. The van der Waals surface area contributed by atoms with Crippen LogP contribution in [0.4, 0.5) is 4.79 Å². The average Bonchev–Trinajstić information content (AvgIpc) is 2.74. The zero-order chi connectivity index (χ0) is 13.7. The van der Waals surface area contributed by atoms with Crippen LogP contribution < -0.4 is 0 Å². The van der Waals surface area contributed by atoms with Gasteiger partial charge in [-0.2, -0.15) is 0 Å². The van der Waals surface area contributed by atoms with Crippen molar-refractivity contribution < 1.29 is 9.59 Å². The van der Waals surface area contributed by atoms with E-state index in [1.54, 1.807) is 9.80 Å². The standard InChI is InChI=1S/C15H20N2O2/c1-2-3-9-16-11-14(12-18)17(15(16)19)10-13-7-5-4-6-8-13/h4-8,12,14H,2-3,9-11H2,1H3/t14-/m0/s1. The summed E-state index contributed by atoms with van der Waals surface area (Å²) >= 11 is 0. The minimum Gasteiger partial charge on any atom is -0.322 e. The van der Waals surface area contributed by atoms with Gasteiger partial charge in [0, 0.05) is 19.6 Å². The van der Waals surface area contributed by atoms with E-state index in [1.165, 1.54) is 0 Å². The number of carbonyl (C=O) groups is 2. The highest BCUT2D eigenvalue weighted by atomic mass is 16.2. The maximum atomic E-state index is 12.3. The fourth-order valence-corrected chi connectivity index (χ4v) is 2.34. The van der Waals surface area contributed by atoms with Crippen molar-refractivity contribution in [3.8, 4) is 0 Å². The summed E-state index contributed by atoms with van der Waals surface area (Å²) in [6.45, 7) is 3.87. The van der Waals surface area contributed by atoms with Gasteiger partial charge in [-0.25, -0.2) is 4.79 Å². The largest absolute Gasteiger partial charge is 0.322 e. The van der Waals surface area contributed by atoms with Gasteiger partial charge in [0.25, 0.3) is 0 Å². The lowest BCUT2D eigenvalue weighted by atomic mass is 10.2. The molecule has 0 aliphatic carbocycles. The van der Waals surface area contributed by atoms with Crippen molar-refractivity contribution in [2.75, 3.05) is 13.1 Å². The third-order valence-electron chi connectivity index (χ3n) is 3.46. The van der Waals surface area contributed by atoms with Crippen molar-refractivity contribution in [1.82, 2.24) is 9.80 Å². The molecule has 0 bridgehead atoms. The number of amides is 2. The fraction of sp³-hybridized carbons (Fsp3) is 0.467. The summed E-state index contributed by atoms with van der Waals surface area (Å²) in [6.07, 6.45) is 2.91. The number of hydrogen-bond donors (Lipinski definition) is 0. The Morgan fingerprint density at radius 2 is 2.05 bits per heavy atom. The van der Waals surface area contributed by atoms with Crippen LogP contribution in [0.5, 0.6) is 0 Å². The van der Waals surface area contributed by atoms with Crippen LogP contribution in [0, 0.1) is 0 Å². The van der Waals surface area contributed by atoms with Crippen LogP contribution in [-0.2, 0) is 11.3 Å². The summed E-state index contributed by atoms with van der Waals surface area (Å²) in [5.41, 5.74) is 1.06.